The van der Waals surface area contributed by atoms with Crippen molar-refractivity contribution >= 4 is 5.97 Å². The Labute approximate surface area is 211 Å². The summed E-state index contributed by atoms with van der Waals surface area (Å²) in [6.45, 7) is 7.71. The van der Waals surface area contributed by atoms with Gasteiger partial charge in [-0.1, -0.05) is 19.9 Å². The molecule has 2 unspecified atom stereocenters. The molecule has 10 rings (SSSR count). The number of aliphatic hydroxyl groups is 2. The Morgan fingerprint density at radius 3 is 2.69 bits per heavy atom. The van der Waals surface area contributed by atoms with Crippen molar-refractivity contribution in [3.05, 3.63) is 35.9 Å². The van der Waals surface area contributed by atoms with E-state index in [1.807, 2.05) is 0 Å². The smallest absolute Gasteiger partial charge is 0.338 e. The van der Waals surface area contributed by atoms with Gasteiger partial charge in [-0.25, -0.2) is 4.79 Å². The molecule has 9 bridgehead atoms. The molecule has 1 aromatic carbocycles. The summed E-state index contributed by atoms with van der Waals surface area (Å²) in [5.74, 6) is 1.06. The van der Waals surface area contributed by atoms with E-state index in [-0.39, 0.29) is 34.6 Å². The first kappa shape index (κ1) is 21.9. The number of methoxy groups -OCH3 is 2. The van der Waals surface area contributed by atoms with E-state index in [4.69, 9.17) is 14.2 Å². The van der Waals surface area contributed by atoms with E-state index in [1.54, 1.807) is 32.4 Å². The van der Waals surface area contributed by atoms with Crippen LogP contribution in [-0.2, 0) is 4.74 Å². The average Bonchev–Trinajstić information content (AvgIpc) is 3.22. The van der Waals surface area contributed by atoms with Crippen LogP contribution in [0.3, 0.4) is 0 Å². The van der Waals surface area contributed by atoms with E-state index in [9.17, 15) is 15.0 Å². The largest absolute Gasteiger partial charge is 0.493 e. The van der Waals surface area contributed by atoms with Crippen LogP contribution in [0.1, 0.15) is 49.4 Å². The van der Waals surface area contributed by atoms with Crippen LogP contribution in [0.15, 0.2) is 30.4 Å². The van der Waals surface area contributed by atoms with E-state index < -0.39 is 29.3 Å². The number of rotatable bonds is 4. The maximum Gasteiger partial charge on any atom is 0.338 e. The van der Waals surface area contributed by atoms with E-state index in [2.05, 4.69) is 18.4 Å². The number of piperidine rings is 2. The van der Waals surface area contributed by atoms with Gasteiger partial charge < -0.3 is 24.4 Å². The summed E-state index contributed by atoms with van der Waals surface area (Å²) in [5.41, 5.74) is -0.144. The van der Waals surface area contributed by atoms with E-state index >= 15 is 0 Å². The number of benzene rings is 1. The third-order valence-electron chi connectivity index (χ3n) is 12.2. The lowest BCUT2D eigenvalue weighted by Crippen LogP contribution is -2.72. The number of hydrogen-bond donors (Lipinski definition) is 2. The molecule has 0 aromatic heterocycles. The molecule has 7 nitrogen and oxygen atoms in total. The van der Waals surface area contributed by atoms with Gasteiger partial charge in [0.15, 0.2) is 11.5 Å². The van der Waals surface area contributed by atoms with Gasteiger partial charge >= 0.3 is 5.97 Å². The number of carbonyl (C=O) groups excluding carboxylic acids is 1. The molecule has 6 saturated carbocycles. The third-order valence-corrected chi connectivity index (χ3v) is 12.2. The van der Waals surface area contributed by atoms with Crippen LogP contribution in [-0.4, -0.2) is 65.8 Å². The van der Waals surface area contributed by atoms with Crippen LogP contribution in [0.4, 0.5) is 0 Å². The Kier molecular flexibility index (Phi) is 3.84. The van der Waals surface area contributed by atoms with Crippen LogP contribution in [0.5, 0.6) is 11.5 Å². The van der Waals surface area contributed by atoms with Gasteiger partial charge in [-0.05, 0) is 59.8 Å². The molecule has 9 aliphatic rings. The first-order chi connectivity index (χ1) is 17.2. The average molecular weight is 494 g/mol. The topological polar surface area (TPSA) is 88.5 Å². The zero-order valence-corrected chi connectivity index (χ0v) is 21.2. The molecule has 2 spiro atoms. The number of ether oxygens (including phenoxy) is 3. The molecule has 7 heteroatoms. The molecule has 12 atom stereocenters. The van der Waals surface area contributed by atoms with E-state index in [1.165, 1.54) is 0 Å². The Hall–Kier alpha value is -2.09. The number of hydrogen-bond acceptors (Lipinski definition) is 7. The number of fused-ring (bicyclic) bond motifs is 1. The lowest BCUT2D eigenvalue weighted by atomic mass is 9.39. The Balaban J connectivity index is 1.23. The summed E-state index contributed by atoms with van der Waals surface area (Å²) in [4.78, 5) is 16.0. The van der Waals surface area contributed by atoms with E-state index in [0.29, 0.717) is 29.4 Å². The minimum atomic E-state index is -0.884. The molecule has 6 aliphatic carbocycles. The van der Waals surface area contributed by atoms with Crippen molar-refractivity contribution in [1.29, 1.82) is 0 Å². The molecule has 1 aromatic rings. The molecule has 3 aliphatic heterocycles. The second kappa shape index (κ2) is 6.30. The highest BCUT2D eigenvalue weighted by atomic mass is 16.5. The van der Waals surface area contributed by atoms with Crippen LogP contribution in [0.25, 0.3) is 0 Å². The highest BCUT2D eigenvalue weighted by Crippen LogP contribution is 2.89. The number of carbonyl (C=O) groups is 1. The summed E-state index contributed by atoms with van der Waals surface area (Å²) < 4.78 is 17.1. The molecule has 2 N–H and O–H groups in total. The van der Waals surface area contributed by atoms with Gasteiger partial charge in [0, 0.05) is 42.2 Å². The molecule has 0 radical (unpaired) electrons. The van der Waals surface area contributed by atoms with Gasteiger partial charge in [-0.2, -0.15) is 0 Å². The molecule has 36 heavy (non-hydrogen) atoms. The fourth-order valence-corrected chi connectivity index (χ4v) is 11.9. The fourth-order valence-electron chi connectivity index (χ4n) is 11.9. The van der Waals surface area contributed by atoms with Gasteiger partial charge in [0.05, 0.1) is 25.9 Å². The maximum atomic E-state index is 13.6. The second-order valence-corrected chi connectivity index (χ2v) is 13.1. The van der Waals surface area contributed by atoms with Crippen LogP contribution in [0.2, 0.25) is 0 Å². The minimum absolute atomic E-state index is 0.0302. The third kappa shape index (κ3) is 1.99. The summed E-state index contributed by atoms with van der Waals surface area (Å²) in [6.07, 6.45) is 3.77. The van der Waals surface area contributed by atoms with Crippen molar-refractivity contribution in [3.63, 3.8) is 0 Å². The van der Waals surface area contributed by atoms with Crippen LogP contribution in [0, 0.1) is 39.9 Å². The lowest BCUT2D eigenvalue weighted by molar-refractivity contribution is -0.271. The Morgan fingerprint density at radius 1 is 1.17 bits per heavy atom. The van der Waals surface area contributed by atoms with Gasteiger partial charge in [0.2, 0.25) is 0 Å². The summed E-state index contributed by atoms with van der Waals surface area (Å²) in [6, 6.07) is 5.32. The molecule has 192 valence electrons. The zero-order chi connectivity index (χ0) is 25.0. The molecule has 0 amide bonds. The minimum Gasteiger partial charge on any atom is -0.493 e. The highest BCUT2D eigenvalue weighted by molar-refractivity contribution is 5.90. The van der Waals surface area contributed by atoms with Crippen molar-refractivity contribution in [1.82, 2.24) is 4.90 Å². The van der Waals surface area contributed by atoms with Gasteiger partial charge in [0.1, 0.15) is 11.8 Å². The maximum absolute atomic E-state index is 13.6. The monoisotopic (exact) mass is 493 g/mol. The molecular weight excluding hydrogens is 458 g/mol. The van der Waals surface area contributed by atoms with Gasteiger partial charge in [-0.15, -0.1) is 0 Å². The number of nitrogens with zero attached hydrogens (tertiary/aromatic N) is 1. The summed E-state index contributed by atoms with van der Waals surface area (Å²) in [5, 5.41) is 24.2. The van der Waals surface area contributed by atoms with Crippen LogP contribution < -0.4 is 9.47 Å². The standard InChI is InChI=1S/C29H35NO6/c1-14-16-11-17-22-27-9-5-8-26(2)13-30(22)29(33,25(26)27)12-28(17,21(27)20(16)31)23(14)36-24(32)15-6-7-18(34-3)19(10-15)35-4/h6-7,10,16-17,20-23,25,31,33H,1,5,8-9,11-13H2,2-4H3/t16-,17-,20-,21+,22-,23-,25-,26?,27+,28-,29-/m1/s1. The first-order valence-electron chi connectivity index (χ1n) is 13.5. The van der Waals surface area contributed by atoms with E-state index in [0.717, 1.165) is 37.8 Å². The predicted molar refractivity (Wildman–Crippen MR) is 129 cm³/mol. The molecular formula is C29H35NO6. The fraction of sp³-hybridized carbons (Fsp3) is 0.690. The quantitative estimate of drug-likeness (QED) is 0.493. The Bertz CT molecular complexity index is 1230. The van der Waals surface area contributed by atoms with Crippen molar-refractivity contribution < 1.29 is 29.2 Å². The highest BCUT2D eigenvalue weighted by Gasteiger charge is 2.93. The SMILES string of the molecule is C=C1[C@H]2C[C@@H]3[C@H]4N5CC6(C)CCC[C@]47[C@H]([C@@H]2O)[C@]3(C[C@@]5(O)[C@H]67)[C@@H]1OC(=O)c1ccc(OC)c(OC)c1. The van der Waals surface area contributed by atoms with Gasteiger partial charge in [-0.3, -0.25) is 4.90 Å². The summed E-state index contributed by atoms with van der Waals surface area (Å²) in [7, 11) is 3.11. The second-order valence-electron chi connectivity index (χ2n) is 13.1. The van der Waals surface area contributed by atoms with Crippen LogP contribution >= 0.6 is 0 Å². The molecule has 3 heterocycles. The molecule has 3 saturated heterocycles. The van der Waals surface area contributed by atoms with Crippen molar-refractivity contribution in [2.75, 3.05) is 20.8 Å². The summed E-state index contributed by atoms with van der Waals surface area (Å²) >= 11 is 0. The number of aliphatic hydroxyl groups excluding tert-OH is 1. The van der Waals surface area contributed by atoms with Gasteiger partial charge in [0.25, 0.3) is 0 Å². The first-order valence-corrected chi connectivity index (χ1v) is 13.5. The predicted octanol–water partition coefficient (Wildman–Crippen LogP) is 3.00. The number of esters is 1. The normalized spacial score (nSPS) is 54.2. The Morgan fingerprint density at radius 2 is 1.94 bits per heavy atom. The molecule has 9 fully saturated rings. The zero-order valence-electron chi connectivity index (χ0n) is 21.2. The van der Waals surface area contributed by atoms with Crippen molar-refractivity contribution in [3.8, 4) is 11.5 Å². The lowest BCUT2D eigenvalue weighted by Gasteiger charge is -2.67. The van der Waals surface area contributed by atoms with Crippen molar-refractivity contribution in [2.24, 2.45) is 39.9 Å². The van der Waals surface area contributed by atoms with Crippen molar-refractivity contribution in [2.45, 2.75) is 63.0 Å².